The van der Waals surface area contributed by atoms with E-state index in [2.05, 4.69) is 21.2 Å². The number of hydrogen-bond donors (Lipinski definition) is 1. The summed E-state index contributed by atoms with van der Waals surface area (Å²) in [5.74, 6) is -1.10. The molecule has 1 fully saturated rings. The van der Waals surface area contributed by atoms with Crippen molar-refractivity contribution in [1.29, 1.82) is 0 Å². The number of para-hydroxylation sites is 1. The van der Waals surface area contributed by atoms with Crippen molar-refractivity contribution in [3.8, 4) is 0 Å². The molecule has 4 nitrogen and oxygen atoms in total. The van der Waals surface area contributed by atoms with Crippen molar-refractivity contribution in [3.63, 3.8) is 0 Å². The van der Waals surface area contributed by atoms with Gasteiger partial charge in [0.05, 0.1) is 5.69 Å². The lowest BCUT2D eigenvalue weighted by atomic mass is 10.1. The third-order valence-corrected chi connectivity index (χ3v) is 3.46. The van der Waals surface area contributed by atoms with Gasteiger partial charge in [0.25, 0.3) is 0 Å². The van der Waals surface area contributed by atoms with Crippen LogP contribution in [0.4, 0.5) is 10.1 Å². The molecule has 6 heteroatoms. The van der Waals surface area contributed by atoms with Crippen LogP contribution >= 0.6 is 15.9 Å². The van der Waals surface area contributed by atoms with Gasteiger partial charge in [0.1, 0.15) is 18.4 Å². The first kappa shape index (κ1) is 13.0. The van der Waals surface area contributed by atoms with Gasteiger partial charge in [-0.2, -0.15) is 0 Å². The van der Waals surface area contributed by atoms with E-state index in [1.54, 1.807) is 13.0 Å². The summed E-state index contributed by atoms with van der Waals surface area (Å²) in [6, 6.07) is 3.85. The molecule has 0 saturated carbocycles. The highest BCUT2D eigenvalue weighted by atomic mass is 79.9. The van der Waals surface area contributed by atoms with Gasteiger partial charge in [0.2, 0.25) is 11.8 Å². The first-order valence-electron chi connectivity index (χ1n) is 5.59. The summed E-state index contributed by atoms with van der Waals surface area (Å²) in [5.41, 5.74) is 0.121. The van der Waals surface area contributed by atoms with E-state index in [1.807, 2.05) is 0 Å². The van der Waals surface area contributed by atoms with E-state index in [9.17, 15) is 14.0 Å². The van der Waals surface area contributed by atoms with Crippen LogP contribution in [0, 0.1) is 5.82 Å². The maximum absolute atomic E-state index is 13.8. The summed E-state index contributed by atoms with van der Waals surface area (Å²) in [7, 11) is 0. The van der Waals surface area contributed by atoms with E-state index in [-0.39, 0.29) is 24.0 Å². The highest BCUT2D eigenvalue weighted by molar-refractivity contribution is 9.10. The lowest BCUT2D eigenvalue weighted by molar-refractivity contribution is -0.131. The molecular formula is C12H12BrFN2O2. The summed E-state index contributed by atoms with van der Waals surface area (Å²) in [6.45, 7) is 1.64. The number of nitrogens with zero attached hydrogens (tertiary/aromatic N) is 1. The van der Waals surface area contributed by atoms with Gasteiger partial charge >= 0.3 is 0 Å². The second kappa shape index (κ2) is 5.06. The standard InChI is InChI=1S/C12H12BrFN2O2/c1-2-9-12(18)16(6-10(17)15-9)11-7(13)4-3-5-8(11)14/h3-5,9H,2,6H2,1H3,(H,15,17). The molecule has 1 aliphatic rings. The Labute approximate surface area is 112 Å². The van der Waals surface area contributed by atoms with Crippen LogP contribution in [0.25, 0.3) is 0 Å². The fourth-order valence-corrected chi connectivity index (χ4v) is 2.48. The van der Waals surface area contributed by atoms with Crippen molar-refractivity contribution in [2.45, 2.75) is 19.4 Å². The van der Waals surface area contributed by atoms with E-state index >= 15 is 0 Å². The smallest absolute Gasteiger partial charge is 0.250 e. The molecule has 0 spiro atoms. The Morgan fingerprint density at radius 2 is 2.22 bits per heavy atom. The zero-order valence-electron chi connectivity index (χ0n) is 9.74. The Kier molecular flexibility index (Phi) is 3.65. The van der Waals surface area contributed by atoms with Gasteiger partial charge in [0, 0.05) is 4.47 Å². The summed E-state index contributed by atoms with van der Waals surface area (Å²) < 4.78 is 14.3. The molecule has 96 valence electrons. The fraction of sp³-hybridized carbons (Fsp3) is 0.333. The number of halogens is 2. The Morgan fingerprint density at radius 1 is 1.50 bits per heavy atom. The third-order valence-electron chi connectivity index (χ3n) is 2.82. The first-order valence-corrected chi connectivity index (χ1v) is 6.38. The number of amides is 2. The number of anilines is 1. The molecule has 1 heterocycles. The second-order valence-electron chi connectivity index (χ2n) is 4.02. The van der Waals surface area contributed by atoms with Gasteiger partial charge in [-0.15, -0.1) is 0 Å². The quantitative estimate of drug-likeness (QED) is 0.905. The first-order chi connectivity index (χ1) is 8.54. The van der Waals surface area contributed by atoms with Crippen LogP contribution in [0.2, 0.25) is 0 Å². The second-order valence-corrected chi connectivity index (χ2v) is 4.88. The normalized spacial score (nSPS) is 19.9. The predicted octanol–water partition coefficient (Wildman–Crippen LogP) is 1.83. The van der Waals surface area contributed by atoms with Crippen LogP contribution in [-0.2, 0) is 9.59 Å². The molecule has 1 aliphatic heterocycles. The van der Waals surface area contributed by atoms with Crippen molar-refractivity contribution in [2.24, 2.45) is 0 Å². The molecule has 1 unspecified atom stereocenters. The predicted molar refractivity (Wildman–Crippen MR) is 68.7 cm³/mol. The average molecular weight is 315 g/mol. The van der Waals surface area contributed by atoms with E-state index in [0.29, 0.717) is 10.9 Å². The lowest BCUT2D eigenvalue weighted by Gasteiger charge is -2.32. The molecule has 0 radical (unpaired) electrons. The molecule has 1 saturated heterocycles. The van der Waals surface area contributed by atoms with E-state index in [4.69, 9.17) is 0 Å². The number of benzene rings is 1. The highest BCUT2D eigenvalue weighted by Crippen LogP contribution is 2.30. The molecule has 0 aliphatic carbocycles. The summed E-state index contributed by atoms with van der Waals surface area (Å²) in [6.07, 6.45) is 0.479. The summed E-state index contributed by atoms with van der Waals surface area (Å²) in [5, 5.41) is 2.59. The number of piperazine rings is 1. The number of carbonyl (C=O) groups is 2. The third kappa shape index (κ3) is 2.25. The van der Waals surface area contributed by atoms with Gasteiger partial charge in [-0.3, -0.25) is 14.5 Å². The summed E-state index contributed by atoms with van der Waals surface area (Å²) in [4.78, 5) is 24.9. The molecule has 2 rings (SSSR count). The monoisotopic (exact) mass is 314 g/mol. The van der Waals surface area contributed by atoms with Gasteiger partial charge in [-0.25, -0.2) is 4.39 Å². The SMILES string of the molecule is CCC1NC(=O)CN(c2c(F)cccc2Br)C1=O. The number of carbonyl (C=O) groups excluding carboxylic acids is 2. The number of rotatable bonds is 2. The van der Waals surface area contributed by atoms with Crippen LogP contribution in [-0.4, -0.2) is 24.4 Å². The van der Waals surface area contributed by atoms with E-state index in [1.165, 1.54) is 17.0 Å². The molecule has 2 amide bonds. The lowest BCUT2D eigenvalue weighted by Crippen LogP contribution is -2.58. The largest absolute Gasteiger partial charge is 0.343 e. The van der Waals surface area contributed by atoms with Crippen LogP contribution in [0.3, 0.4) is 0 Å². The topological polar surface area (TPSA) is 49.4 Å². The Balaban J connectivity index is 2.42. The van der Waals surface area contributed by atoms with Gasteiger partial charge < -0.3 is 5.32 Å². The maximum Gasteiger partial charge on any atom is 0.250 e. The Hall–Kier alpha value is -1.43. The maximum atomic E-state index is 13.8. The van der Waals surface area contributed by atoms with Crippen molar-refractivity contribution in [2.75, 3.05) is 11.4 Å². The van der Waals surface area contributed by atoms with Crippen molar-refractivity contribution in [3.05, 3.63) is 28.5 Å². The molecule has 1 aromatic rings. The summed E-state index contributed by atoms with van der Waals surface area (Å²) >= 11 is 3.21. The van der Waals surface area contributed by atoms with Crippen molar-refractivity contribution >= 4 is 33.4 Å². The zero-order valence-corrected chi connectivity index (χ0v) is 11.3. The Morgan fingerprint density at radius 3 is 2.83 bits per heavy atom. The minimum atomic E-state index is -0.585. The van der Waals surface area contributed by atoms with Crippen LogP contribution in [0.15, 0.2) is 22.7 Å². The number of nitrogens with one attached hydrogen (secondary N) is 1. The van der Waals surface area contributed by atoms with Gasteiger partial charge in [-0.1, -0.05) is 13.0 Å². The van der Waals surface area contributed by atoms with Crippen LogP contribution < -0.4 is 10.2 Å². The van der Waals surface area contributed by atoms with Gasteiger partial charge in [0.15, 0.2) is 0 Å². The van der Waals surface area contributed by atoms with E-state index in [0.717, 1.165) is 0 Å². The van der Waals surface area contributed by atoms with Gasteiger partial charge in [-0.05, 0) is 34.5 Å². The molecule has 0 bridgehead atoms. The number of hydrogen-bond acceptors (Lipinski definition) is 2. The molecule has 0 aromatic heterocycles. The highest BCUT2D eigenvalue weighted by Gasteiger charge is 2.34. The molecule has 1 N–H and O–H groups in total. The molecule has 1 aromatic carbocycles. The average Bonchev–Trinajstić information content (AvgIpc) is 2.32. The zero-order chi connectivity index (χ0) is 13.3. The van der Waals surface area contributed by atoms with Crippen LogP contribution in [0.5, 0.6) is 0 Å². The molecule has 18 heavy (non-hydrogen) atoms. The Bertz CT molecular complexity index is 487. The fourth-order valence-electron chi connectivity index (χ4n) is 1.92. The van der Waals surface area contributed by atoms with Crippen LogP contribution in [0.1, 0.15) is 13.3 Å². The van der Waals surface area contributed by atoms with Crippen molar-refractivity contribution in [1.82, 2.24) is 5.32 Å². The minimum Gasteiger partial charge on any atom is -0.343 e. The van der Waals surface area contributed by atoms with E-state index < -0.39 is 11.9 Å². The van der Waals surface area contributed by atoms with Crippen molar-refractivity contribution < 1.29 is 14.0 Å². The molecular weight excluding hydrogens is 303 g/mol. The minimum absolute atomic E-state index is 0.121. The molecule has 1 atom stereocenters.